The molecule has 0 saturated carbocycles. The van der Waals surface area contributed by atoms with E-state index >= 15 is 0 Å². The van der Waals surface area contributed by atoms with E-state index in [-0.39, 0.29) is 6.04 Å². The van der Waals surface area contributed by atoms with E-state index in [1.165, 1.54) is 5.69 Å². The van der Waals surface area contributed by atoms with Crippen LogP contribution in [-0.4, -0.2) is 41.3 Å². The summed E-state index contributed by atoms with van der Waals surface area (Å²) >= 11 is 0. The van der Waals surface area contributed by atoms with Crippen molar-refractivity contribution in [1.29, 1.82) is 0 Å². The Morgan fingerprint density at radius 2 is 1.96 bits per heavy atom. The monoisotopic (exact) mass is 337 g/mol. The number of rotatable bonds is 4. The Labute approximate surface area is 147 Å². The Balaban J connectivity index is 1.69. The van der Waals surface area contributed by atoms with E-state index < -0.39 is 0 Å². The Morgan fingerprint density at radius 3 is 2.72 bits per heavy atom. The third-order valence-corrected chi connectivity index (χ3v) is 4.77. The fraction of sp³-hybridized carbons (Fsp3) is 0.444. The van der Waals surface area contributed by atoms with E-state index in [9.17, 15) is 0 Å². The van der Waals surface area contributed by atoms with Gasteiger partial charge in [-0.15, -0.1) is 0 Å². The second-order valence-electron chi connectivity index (χ2n) is 6.86. The van der Waals surface area contributed by atoms with Gasteiger partial charge in [-0.1, -0.05) is 13.8 Å². The maximum atomic E-state index is 4.74. The van der Waals surface area contributed by atoms with Gasteiger partial charge in [-0.3, -0.25) is 4.90 Å². The van der Waals surface area contributed by atoms with Gasteiger partial charge in [0, 0.05) is 43.0 Å². The highest BCUT2D eigenvalue weighted by Crippen LogP contribution is 2.34. The molecular weight excluding hydrogens is 314 g/mol. The van der Waals surface area contributed by atoms with E-state index in [0.29, 0.717) is 5.92 Å². The SMILES string of the molecule is Cc1[nH]cnc1[C@H]1c2nc[nH]c2CCN1Cc1ccnc(C(C)C)n1. The average Bonchev–Trinajstić information content (AvgIpc) is 3.24. The summed E-state index contributed by atoms with van der Waals surface area (Å²) in [4.78, 5) is 27.2. The Hall–Kier alpha value is -2.54. The van der Waals surface area contributed by atoms with Crippen LogP contribution in [0.3, 0.4) is 0 Å². The quantitative estimate of drug-likeness (QED) is 0.764. The molecule has 0 spiro atoms. The zero-order valence-electron chi connectivity index (χ0n) is 14.8. The number of aryl methyl sites for hydroxylation is 1. The maximum Gasteiger partial charge on any atom is 0.131 e. The van der Waals surface area contributed by atoms with Crippen LogP contribution in [0.25, 0.3) is 0 Å². The highest BCUT2D eigenvalue weighted by atomic mass is 15.2. The van der Waals surface area contributed by atoms with Gasteiger partial charge in [0.25, 0.3) is 0 Å². The minimum Gasteiger partial charge on any atom is -0.348 e. The van der Waals surface area contributed by atoms with Crippen molar-refractivity contribution in [2.75, 3.05) is 6.54 Å². The standard InChI is InChI=1S/C18H23N7/c1-11(2)18-19-6-4-13(24-18)8-25-7-5-14-16(23-10-21-14)17(25)15-12(3)20-9-22-15/h4,6,9-11,17H,5,7-8H2,1-3H3,(H,20,22)(H,21,23)/t17-/m0/s1. The summed E-state index contributed by atoms with van der Waals surface area (Å²) in [6.07, 6.45) is 6.35. The zero-order valence-corrected chi connectivity index (χ0v) is 14.8. The minimum atomic E-state index is 0.0405. The lowest BCUT2D eigenvalue weighted by atomic mass is 9.98. The number of aromatic nitrogens is 6. The molecule has 0 unspecified atom stereocenters. The highest BCUT2D eigenvalue weighted by Gasteiger charge is 2.33. The zero-order chi connectivity index (χ0) is 17.4. The Kier molecular flexibility index (Phi) is 4.09. The predicted octanol–water partition coefficient (Wildman–Crippen LogP) is 2.50. The van der Waals surface area contributed by atoms with Crippen LogP contribution >= 0.6 is 0 Å². The van der Waals surface area contributed by atoms with Crippen LogP contribution in [0.15, 0.2) is 24.9 Å². The lowest BCUT2D eigenvalue weighted by Gasteiger charge is -2.34. The second-order valence-corrected chi connectivity index (χ2v) is 6.86. The van der Waals surface area contributed by atoms with Crippen molar-refractivity contribution in [2.45, 2.75) is 45.7 Å². The van der Waals surface area contributed by atoms with E-state index in [4.69, 9.17) is 4.98 Å². The summed E-state index contributed by atoms with van der Waals surface area (Å²) in [5.74, 6) is 1.21. The molecule has 3 aromatic rings. The molecule has 0 aromatic carbocycles. The number of H-pyrrole nitrogens is 2. The molecule has 25 heavy (non-hydrogen) atoms. The van der Waals surface area contributed by atoms with Gasteiger partial charge in [0.05, 0.1) is 35.8 Å². The molecule has 4 heterocycles. The number of fused-ring (bicyclic) bond motifs is 1. The van der Waals surface area contributed by atoms with Gasteiger partial charge in [-0.2, -0.15) is 0 Å². The van der Waals surface area contributed by atoms with E-state index in [0.717, 1.165) is 48.1 Å². The normalized spacial score (nSPS) is 17.8. The molecule has 0 saturated heterocycles. The summed E-state index contributed by atoms with van der Waals surface area (Å²) in [6, 6.07) is 2.04. The van der Waals surface area contributed by atoms with Crippen molar-refractivity contribution < 1.29 is 0 Å². The van der Waals surface area contributed by atoms with E-state index in [2.05, 4.69) is 50.6 Å². The average molecular weight is 337 g/mol. The van der Waals surface area contributed by atoms with E-state index in [1.54, 1.807) is 12.7 Å². The summed E-state index contributed by atoms with van der Waals surface area (Å²) < 4.78 is 0. The number of imidazole rings is 2. The van der Waals surface area contributed by atoms with Crippen molar-refractivity contribution >= 4 is 0 Å². The molecule has 1 aliphatic rings. The molecule has 3 aromatic heterocycles. The summed E-state index contributed by atoms with van der Waals surface area (Å²) in [5, 5.41) is 0. The summed E-state index contributed by atoms with van der Waals surface area (Å²) in [6.45, 7) is 7.99. The smallest absolute Gasteiger partial charge is 0.131 e. The molecule has 2 N–H and O–H groups in total. The fourth-order valence-electron chi connectivity index (χ4n) is 3.43. The van der Waals surface area contributed by atoms with E-state index in [1.807, 2.05) is 12.3 Å². The second kappa shape index (κ2) is 6.40. The van der Waals surface area contributed by atoms with Crippen molar-refractivity contribution in [2.24, 2.45) is 0 Å². The van der Waals surface area contributed by atoms with Crippen LogP contribution < -0.4 is 0 Å². The first kappa shape index (κ1) is 16.0. The van der Waals surface area contributed by atoms with Crippen LogP contribution in [-0.2, 0) is 13.0 Å². The maximum absolute atomic E-state index is 4.74. The molecule has 4 rings (SSSR count). The molecule has 0 radical (unpaired) electrons. The van der Waals surface area contributed by atoms with Crippen molar-refractivity contribution in [3.05, 3.63) is 59.2 Å². The van der Waals surface area contributed by atoms with Gasteiger partial charge in [0.1, 0.15) is 5.82 Å². The predicted molar refractivity (Wildman–Crippen MR) is 94.0 cm³/mol. The number of hydrogen-bond donors (Lipinski definition) is 2. The number of aromatic amines is 2. The third-order valence-electron chi connectivity index (χ3n) is 4.77. The van der Waals surface area contributed by atoms with Crippen LogP contribution in [0.5, 0.6) is 0 Å². The molecule has 7 heteroatoms. The Bertz CT molecular complexity index is 864. The molecule has 0 amide bonds. The first-order valence-electron chi connectivity index (χ1n) is 8.71. The first-order chi connectivity index (χ1) is 12.1. The van der Waals surface area contributed by atoms with Gasteiger partial charge < -0.3 is 9.97 Å². The molecule has 1 aliphatic heterocycles. The van der Waals surface area contributed by atoms with Crippen molar-refractivity contribution in [3.63, 3.8) is 0 Å². The number of nitrogens with zero attached hydrogens (tertiary/aromatic N) is 5. The van der Waals surface area contributed by atoms with Crippen LogP contribution in [0.1, 0.15) is 60.1 Å². The molecule has 7 nitrogen and oxygen atoms in total. The number of hydrogen-bond acceptors (Lipinski definition) is 5. The molecule has 1 atom stereocenters. The van der Waals surface area contributed by atoms with Gasteiger partial charge in [-0.05, 0) is 13.0 Å². The van der Waals surface area contributed by atoms with Crippen LogP contribution in [0.4, 0.5) is 0 Å². The molecular formula is C18H23N7. The van der Waals surface area contributed by atoms with Crippen LogP contribution in [0.2, 0.25) is 0 Å². The van der Waals surface area contributed by atoms with Gasteiger partial charge in [-0.25, -0.2) is 19.9 Å². The van der Waals surface area contributed by atoms with Gasteiger partial charge in [0.15, 0.2) is 0 Å². The third kappa shape index (κ3) is 2.95. The number of nitrogens with one attached hydrogen (secondary N) is 2. The van der Waals surface area contributed by atoms with Crippen LogP contribution in [0, 0.1) is 6.92 Å². The highest BCUT2D eigenvalue weighted by molar-refractivity contribution is 5.31. The Morgan fingerprint density at radius 1 is 1.16 bits per heavy atom. The molecule has 0 bridgehead atoms. The molecule has 0 aliphatic carbocycles. The lowest BCUT2D eigenvalue weighted by molar-refractivity contribution is 0.194. The minimum absolute atomic E-state index is 0.0405. The lowest BCUT2D eigenvalue weighted by Crippen LogP contribution is -2.36. The summed E-state index contributed by atoms with van der Waals surface area (Å²) in [7, 11) is 0. The van der Waals surface area contributed by atoms with Crippen molar-refractivity contribution in [1.82, 2.24) is 34.8 Å². The van der Waals surface area contributed by atoms with Gasteiger partial charge in [0.2, 0.25) is 0 Å². The summed E-state index contributed by atoms with van der Waals surface area (Å²) in [5.41, 5.74) is 5.42. The fourth-order valence-corrected chi connectivity index (χ4v) is 3.43. The van der Waals surface area contributed by atoms with Crippen molar-refractivity contribution in [3.8, 4) is 0 Å². The first-order valence-corrected chi connectivity index (χ1v) is 8.71. The molecule has 0 fully saturated rings. The molecule has 130 valence electrons. The topological polar surface area (TPSA) is 86.4 Å². The largest absolute Gasteiger partial charge is 0.348 e. The van der Waals surface area contributed by atoms with Gasteiger partial charge >= 0.3 is 0 Å².